The number of unbranched alkanes of at least 4 members (excludes halogenated alkanes) is 1. The quantitative estimate of drug-likeness (QED) is 0.395. The zero-order chi connectivity index (χ0) is 23.7. The number of nitrogens with zero attached hydrogens (tertiary/aromatic N) is 1. The lowest BCUT2D eigenvalue weighted by molar-refractivity contribution is -0.116. The minimum atomic E-state index is -3.43. The van der Waals surface area contributed by atoms with Crippen molar-refractivity contribution in [3.05, 3.63) is 59.7 Å². The molecule has 1 aliphatic heterocycles. The number of hydrogen-bond acceptors (Lipinski definition) is 5. The minimum absolute atomic E-state index is 0.244. The van der Waals surface area contributed by atoms with Crippen molar-refractivity contribution in [2.24, 2.45) is 0 Å². The van der Waals surface area contributed by atoms with Gasteiger partial charge in [-0.3, -0.25) is 4.79 Å². The fourth-order valence-electron chi connectivity index (χ4n) is 3.51. The van der Waals surface area contributed by atoms with Crippen molar-refractivity contribution in [2.75, 3.05) is 26.8 Å². The molecule has 33 heavy (non-hydrogen) atoms. The molecule has 0 aliphatic carbocycles. The summed E-state index contributed by atoms with van der Waals surface area (Å²) in [5.41, 5.74) is 1.65. The first-order valence-corrected chi connectivity index (χ1v) is 12.7. The van der Waals surface area contributed by atoms with Crippen LogP contribution in [0.2, 0.25) is 0 Å². The van der Waals surface area contributed by atoms with Crippen LogP contribution in [0.1, 0.15) is 43.7 Å². The van der Waals surface area contributed by atoms with Crippen LogP contribution in [0.4, 0.5) is 0 Å². The highest BCUT2D eigenvalue weighted by Gasteiger charge is 2.26. The summed E-state index contributed by atoms with van der Waals surface area (Å²) in [6.07, 6.45) is 7.00. The standard InChI is InChI=1S/C25H32N2O5S/c1-3-4-17-32-23-13-9-20(18-24(23)31-2)10-14-25(28)26-19-21-7-11-22(12-8-21)33(29,30)27-15-5-6-16-27/h7-14,18H,3-6,15-17,19H2,1-2H3,(H,26,28)/b14-10+. The monoisotopic (exact) mass is 472 g/mol. The molecule has 0 bridgehead atoms. The number of sulfonamides is 1. The molecule has 0 unspecified atom stereocenters. The average molecular weight is 473 g/mol. The number of benzene rings is 2. The largest absolute Gasteiger partial charge is 0.493 e. The maximum absolute atomic E-state index is 12.6. The van der Waals surface area contributed by atoms with E-state index in [0.29, 0.717) is 37.7 Å². The van der Waals surface area contributed by atoms with Crippen molar-refractivity contribution in [2.45, 2.75) is 44.0 Å². The third-order valence-electron chi connectivity index (χ3n) is 5.46. The molecule has 7 nitrogen and oxygen atoms in total. The second-order valence-corrected chi connectivity index (χ2v) is 9.86. The SMILES string of the molecule is CCCCOc1ccc(/C=C/C(=O)NCc2ccc(S(=O)(=O)N3CCCC3)cc2)cc1OC. The molecule has 8 heteroatoms. The number of amides is 1. The van der Waals surface area contributed by atoms with E-state index in [4.69, 9.17) is 9.47 Å². The molecule has 1 fully saturated rings. The summed E-state index contributed by atoms with van der Waals surface area (Å²) in [5, 5.41) is 2.82. The van der Waals surface area contributed by atoms with Gasteiger partial charge in [-0.15, -0.1) is 0 Å². The van der Waals surface area contributed by atoms with E-state index in [0.717, 1.165) is 36.8 Å². The minimum Gasteiger partial charge on any atom is -0.493 e. The molecular formula is C25H32N2O5S. The van der Waals surface area contributed by atoms with Gasteiger partial charge in [0.05, 0.1) is 18.6 Å². The van der Waals surface area contributed by atoms with E-state index >= 15 is 0 Å². The molecule has 0 spiro atoms. The van der Waals surface area contributed by atoms with E-state index < -0.39 is 10.0 Å². The molecular weight excluding hydrogens is 440 g/mol. The van der Waals surface area contributed by atoms with Crippen LogP contribution in [0.25, 0.3) is 6.08 Å². The van der Waals surface area contributed by atoms with Crippen molar-refractivity contribution in [1.82, 2.24) is 9.62 Å². The van der Waals surface area contributed by atoms with Gasteiger partial charge in [0.2, 0.25) is 15.9 Å². The van der Waals surface area contributed by atoms with E-state index in [1.807, 2.05) is 18.2 Å². The van der Waals surface area contributed by atoms with Gasteiger partial charge in [0, 0.05) is 25.7 Å². The predicted octanol–water partition coefficient (Wildman–Crippen LogP) is 3.99. The van der Waals surface area contributed by atoms with E-state index in [-0.39, 0.29) is 10.8 Å². The van der Waals surface area contributed by atoms with Gasteiger partial charge in [0.1, 0.15) is 0 Å². The smallest absolute Gasteiger partial charge is 0.244 e. The maximum Gasteiger partial charge on any atom is 0.244 e. The van der Waals surface area contributed by atoms with Crippen LogP contribution in [-0.4, -0.2) is 45.4 Å². The number of ether oxygens (including phenoxy) is 2. The fraction of sp³-hybridized carbons (Fsp3) is 0.400. The van der Waals surface area contributed by atoms with Crippen LogP contribution >= 0.6 is 0 Å². The molecule has 3 rings (SSSR count). The Morgan fingerprint density at radius 2 is 1.82 bits per heavy atom. The highest BCUT2D eigenvalue weighted by atomic mass is 32.2. The number of nitrogens with one attached hydrogen (secondary N) is 1. The van der Waals surface area contributed by atoms with Crippen molar-refractivity contribution < 1.29 is 22.7 Å². The lowest BCUT2D eigenvalue weighted by Crippen LogP contribution is -2.27. The van der Waals surface area contributed by atoms with Gasteiger partial charge in [-0.1, -0.05) is 31.5 Å². The molecule has 178 valence electrons. The molecule has 1 saturated heterocycles. The zero-order valence-corrected chi connectivity index (χ0v) is 20.1. The molecule has 0 aromatic heterocycles. The van der Waals surface area contributed by atoms with Gasteiger partial charge in [0.15, 0.2) is 11.5 Å². The highest BCUT2D eigenvalue weighted by Crippen LogP contribution is 2.28. The number of carbonyl (C=O) groups excluding carboxylic acids is 1. The summed E-state index contributed by atoms with van der Waals surface area (Å²) in [4.78, 5) is 12.5. The van der Waals surface area contributed by atoms with Gasteiger partial charge in [-0.2, -0.15) is 4.31 Å². The summed E-state index contributed by atoms with van der Waals surface area (Å²) < 4.78 is 37.8. The predicted molar refractivity (Wildman–Crippen MR) is 129 cm³/mol. The molecule has 1 heterocycles. The van der Waals surface area contributed by atoms with Gasteiger partial charge in [0.25, 0.3) is 0 Å². The molecule has 0 atom stereocenters. The zero-order valence-electron chi connectivity index (χ0n) is 19.2. The van der Waals surface area contributed by atoms with Gasteiger partial charge in [-0.05, 0) is 60.7 Å². The van der Waals surface area contributed by atoms with Gasteiger partial charge >= 0.3 is 0 Å². The van der Waals surface area contributed by atoms with E-state index in [1.54, 1.807) is 37.5 Å². The van der Waals surface area contributed by atoms with E-state index in [1.165, 1.54) is 10.4 Å². The lowest BCUT2D eigenvalue weighted by atomic mass is 10.2. The Morgan fingerprint density at radius 1 is 1.09 bits per heavy atom. The summed E-state index contributed by atoms with van der Waals surface area (Å²) >= 11 is 0. The first-order valence-electron chi connectivity index (χ1n) is 11.3. The first-order chi connectivity index (χ1) is 15.9. The Hall–Kier alpha value is -2.84. The van der Waals surface area contributed by atoms with Crippen LogP contribution < -0.4 is 14.8 Å². The van der Waals surface area contributed by atoms with E-state index in [2.05, 4.69) is 12.2 Å². The maximum atomic E-state index is 12.6. The fourth-order valence-corrected chi connectivity index (χ4v) is 5.03. The molecule has 1 amide bonds. The van der Waals surface area contributed by atoms with Crippen molar-refractivity contribution in [3.63, 3.8) is 0 Å². The Balaban J connectivity index is 1.53. The number of hydrogen-bond donors (Lipinski definition) is 1. The van der Waals surface area contributed by atoms with Gasteiger partial charge < -0.3 is 14.8 Å². The lowest BCUT2D eigenvalue weighted by Gasteiger charge is -2.15. The highest BCUT2D eigenvalue weighted by molar-refractivity contribution is 7.89. The third kappa shape index (κ3) is 6.82. The second-order valence-electron chi connectivity index (χ2n) is 7.92. The number of rotatable bonds is 11. The number of methoxy groups -OCH3 is 1. The summed E-state index contributed by atoms with van der Waals surface area (Å²) in [6.45, 7) is 4.20. The van der Waals surface area contributed by atoms with Crippen LogP contribution in [0.5, 0.6) is 11.5 Å². The molecule has 1 aliphatic rings. The molecule has 0 radical (unpaired) electrons. The van der Waals surface area contributed by atoms with Crippen LogP contribution in [0, 0.1) is 0 Å². The van der Waals surface area contributed by atoms with E-state index in [9.17, 15) is 13.2 Å². The molecule has 2 aromatic rings. The van der Waals surface area contributed by atoms with Crippen molar-refractivity contribution in [3.8, 4) is 11.5 Å². The second kappa shape index (κ2) is 11.9. The Bertz CT molecular complexity index is 1060. The summed E-state index contributed by atoms with van der Waals surface area (Å²) in [5.74, 6) is 1.06. The molecule has 1 N–H and O–H groups in total. The first kappa shape index (κ1) is 24.8. The van der Waals surface area contributed by atoms with Crippen LogP contribution in [-0.2, 0) is 21.4 Å². The van der Waals surface area contributed by atoms with Gasteiger partial charge in [-0.25, -0.2) is 8.42 Å². The van der Waals surface area contributed by atoms with Crippen LogP contribution in [0.3, 0.4) is 0 Å². The molecule has 2 aromatic carbocycles. The Labute approximate surface area is 196 Å². The Kier molecular flexibility index (Phi) is 8.91. The molecule has 0 saturated carbocycles. The normalized spacial score (nSPS) is 14.5. The van der Waals surface area contributed by atoms with Crippen LogP contribution in [0.15, 0.2) is 53.4 Å². The van der Waals surface area contributed by atoms with Crippen molar-refractivity contribution >= 4 is 22.0 Å². The summed E-state index contributed by atoms with van der Waals surface area (Å²) in [6, 6.07) is 12.2. The Morgan fingerprint density at radius 3 is 2.48 bits per heavy atom. The third-order valence-corrected chi connectivity index (χ3v) is 7.38. The average Bonchev–Trinajstić information content (AvgIpc) is 3.38. The topological polar surface area (TPSA) is 84.9 Å². The van der Waals surface area contributed by atoms with Crippen molar-refractivity contribution in [1.29, 1.82) is 0 Å². The number of carbonyl (C=O) groups is 1. The summed E-state index contributed by atoms with van der Waals surface area (Å²) in [7, 11) is -1.84.